The Labute approximate surface area is 157 Å². The molecule has 1 N–H and O–H groups in total. The van der Waals surface area contributed by atoms with E-state index >= 15 is 0 Å². The van der Waals surface area contributed by atoms with Crippen molar-refractivity contribution in [2.45, 2.75) is 11.7 Å². The number of amides is 1. The van der Waals surface area contributed by atoms with E-state index < -0.39 is 23.1 Å². The van der Waals surface area contributed by atoms with Gasteiger partial charge in [-0.1, -0.05) is 17.8 Å². The van der Waals surface area contributed by atoms with Crippen LogP contribution in [0.25, 0.3) is 11.0 Å². The third kappa shape index (κ3) is 4.20. The van der Waals surface area contributed by atoms with Crippen LogP contribution in [0.15, 0.2) is 59.1 Å². The molecule has 27 heavy (non-hydrogen) atoms. The fourth-order valence-electron chi connectivity index (χ4n) is 2.39. The van der Waals surface area contributed by atoms with E-state index in [1.807, 2.05) is 0 Å². The monoisotopic (exact) mass is 388 g/mol. The van der Waals surface area contributed by atoms with Gasteiger partial charge in [0, 0.05) is 18.8 Å². The van der Waals surface area contributed by atoms with E-state index in [0.717, 1.165) is 23.9 Å². The number of nitrogens with zero attached hydrogens (tertiary/aromatic N) is 3. The molecule has 0 aliphatic rings. The number of thioether (sulfide) groups is 1. The number of rotatable bonds is 6. The molecule has 0 radical (unpaired) electrons. The number of nitrogens with one attached hydrogen (secondary N) is 1. The second-order valence-electron chi connectivity index (χ2n) is 5.43. The number of pyridine rings is 1. The van der Waals surface area contributed by atoms with Crippen LogP contribution in [0.1, 0.15) is 0 Å². The van der Waals surface area contributed by atoms with Crippen molar-refractivity contribution >= 4 is 34.4 Å². The van der Waals surface area contributed by atoms with Gasteiger partial charge in [-0.2, -0.15) is 4.98 Å². The lowest BCUT2D eigenvalue weighted by molar-refractivity contribution is -0.113. The molecule has 138 valence electrons. The van der Waals surface area contributed by atoms with Crippen molar-refractivity contribution in [3.05, 3.63) is 71.2 Å². The van der Waals surface area contributed by atoms with Gasteiger partial charge in [-0.25, -0.2) is 13.8 Å². The summed E-state index contributed by atoms with van der Waals surface area (Å²) in [6, 6.07) is 6.13. The van der Waals surface area contributed by atoms with E-state index in [1.165, 1.54) is 0 Å². The summed E-state index contributed by atoms with van der Waals surface area (Å²) in [5.74, 6) is -2.25. The Hall–Kier alpha value is -3.07. The average molecular weight is 388 g/mol. The van der Waals surface area contributed by atoms with Crippen LogP contribution in [0.4, 0.5) is 14.5 Å². The summed E-state index contributed by atoms with van der Waals surface area (Å²) in [5.41, 5.74) is -0.144. The van der Waals surface area contributed by atoms with E-state index in [4.69, 9.17) is 0 Å². The number of carbonyl (C=O) groups excluding carboxylic acids is 1. The largest absolute Gasteiger partial charge is 0.323 e. The highest BCUT2D eigenvalue weighted by molar-refractivity contribution is 7.99. The Morgan fingerprint density at radius 2 is 2.15 bits per heavy atom. The van der Waals surface area contributed by atoms with Gasteiger partial charge in [0.25, 0.3) is 5.56 Å². The van der Waals surface area contributed by atoms with Crippen molar-refractivity contribution in [3.63, 3.8) is 0 Å². The minimum atomic E-state index is -0.870. The molecule has 0 unspecified atom stereocenters. The molecule has 0 atom stereocenters. The Kier molecular flexibility index (Phi) is 5.60. The second-order valence-corrected chi connectivity index (χ2v) is 6.38. The normalized spacial score (nSPS) is 10.7. The summed E-state index contributed by atoms with van der Waals surface area (Å²) < 4.78 is 28.2. The minimum Gasteiger partial charge on any atom is -0.323 e. The Morgan fingerprint density at radius 3 is 2.89 bits per heavy atom. The van der Waals surface area contributed by atoms with E-state index in [1.54, 1.807) is 29.0 Å². The predicted octanol–water partition coefficient (Wildman–Crippen LogP) is 2.99. The molecule has 0 bridgehead atoms. The number of fused-ring (bicyclic) bond motifs is 1. The van der Waals surface area contributed by atoms with Crippen LogP contribution in [-0.2, 0) is 11.3 Å². The molecule has 3 rings (SSSR count). The number of aromatic nitrogens is 3. The first-order valence-corrected chi connectivity index (χ1v) is 8.82. The second kappa shape index (κ2) is 8.09. The fourth-order valence-corrected chi connectivity index (χ4v) is 3.18. The zero-order valence-electron chi connectivity index (χ0n) is 14.0. The standard InChI is InChI=1S/C18H14F2N4O2S/c1-2-8-24-16-12(4-3-7-21-16)17(26)23-18(24)27-10-15(25)22-14-6-5-11(19)9-13(14)20/h2-7,9H,1,8,10H2,(H,22,25). The number of halogens is 2. The van der Waals surface area contributed by atoms with Crippen LogP contribution in [0, 0.1) is 11.6 Å². The molecule has 3 aromatic rings. The lowest BCUT2D eigenvalue weighted by atomic mass is 10.3. The summed E-state index contributed by atoms with van der Waals surface area (Å²) in [4.78, 5) is 32.5. The third-order valence-electron chi connectivity index (χ3n) is 3.55. The van der Waals surface area contributed by atoms with Gasteiger partial charge >= 0.3 is 0 Å². The van der Waals surface area contributed by atoms with Gasteiger partial charge in [-0.3, -0.25) is 9.59 Å². The van der Waals surface area contributed by atoms with E-state index in [-0.39, 0.29) is 11.4 Å². The molecule has 2 aromatic heterocycles. The molecule has 0 aliphatic heterocycles. The van der Waals surface area contributed by atoms with Crippen molar-refractivity contribution < 1.29 is 13.6 Å². The molecule has 9 heteroatoms. The van der Waals surface area contributed by atoms with Crippen molar-refractivity contribution in [1.82, 2.24) is 14.5 Å². The minimum absolute atomic E-state index is 0.126. The lowest BCUT2D eigenvalue weighted by Crippen LogP contribution is -2.19. The SMILES string of the molecule is C=CCn1c(SCC(=O)Nc2ccc(F)cc2F)nc(=O)c2cccnc21. The van der Waals surface area contributed by atoms with Crippen LogP contribution in [0.2, 0.25) is 0 Å². The molecule has 1 amide bonds. The molecular formula is C18H14F2N4O2S. The Morgan fingerprint density at radius 1 is 1.33 bits per heavy atom. The molecule has 0 aliphatic carbocycles. The van der Waals surface area contributed by atoms with Crippen LogP contribution >= 0.6 is 11.8 Å². The number of hydrogen-bond acceptors (Lipinski definition) is 5. The van der Waals surface area contributed by atoms with Crippen LogP contribution in [-0.4, -0.2) is 26.2 Å². The number of benzene rings is 1. The predicted molar refractivity (Wildman–Crippen MR) is 99.7 cm³/mol. The maximum absolute atomic E-state index is 13.6. The Bertz CT molecular complexity index is 1080. The van der Waals surface area contributed by atoms with Gasteiger partial charge in [0.2, 0.25) is 5.91 Å². The number of anilines is 1. The third-order valence-corrected chi connectivity index (χ3v) is 4.53. The van der Waals surface area contributed by atoms with Gasteiger partial charge in [0.05, 0.1) is 16.8 Å². The zero-order chi connectivity index (χ0) is 19.4. The van der Waals surface area contributed by atoms with Crippen molar-refractivity contribution in [1.29, 1.82) is 0 Å². The highest BCUT2D eigenvalue weighted by atomic mass is 32.2. The molecule has 0 saturated heterocycles. The summed E-state index contributed by atoms with van der Waals surface area (Å²) in [6.07, 6.45) is 3.18. The molecule has 0 saturated carbocycles. The lowest BCUT2D eigenvalue weighted by Gasteiger charge is -2.12. The van der Waals surface area contributed by atoms with Crippen molar-refractivity contribution in [2.24, 2.45) is 0 Å². The van der Waals surface area contributed by atoms with Crippen molar-refractivity contribution in [3.8, 4) is 0 Å². The van der Waals surface area contributed by atoms with Gasteiger partial charge in [0.1, 0.15) is 17.3 Å². The van der Waals surface area contributed by atoms with E-state index in [0.29, 0.717) is 28.8 Å². The molecule has 6 nitrogen and oxygen atoms in total. The molecule has 2 heterocycles. The summed E-state index contributed by atoms with van der Waals surface area (Å²) in [7, 11) is 0. The number of carbonyl (C=O) groups is 1. The average Bonchev–Trinajstić information content (AvgIpc) is 2.65. The molecule has 0 spiro atoms. The quantitative estimate of drug-likeness (QED) is 0.399. The van der Waals surface area contributed by atoms with E-state index in [9.17, 15) is 18.4 Å². The first-order valence-electron chi connectivity index (χ1n) is 7.83. The fraction of sp³-hybridized carbons (Fsp3) is 0.111. The topological polar surface area (TPSA) is 76.9 Å². The van der Waals surface area contributed by atoms with Crippen LogP contribution in [0.5, 0.6) is 0 Å². The van der Waals surface area contributed by atoms with Crippen LogP contribution < -0.4 is 10.9 Å². The molecule has 1 aromatic carbocycles. The zero-order valence-corrected chi connectivity index (χ0v) is 14.8. The summed E-state index contributed by atoms with van der Waals surface area (Å²) >= 11 is 1.01. The maximum Gasteiger partial charge on any atom is 0.283 e. The first kappa shape index (κ1) is 18.7. The Balaban J connectivity index is 1.82. The van der Waals surface area contributed by atoms with Gasteiger partial charge in [0.15, 0.2) is 5.16 Å². The summed E-state index contributed by atoms with van der Waals surface area (Å²) in [6.45, 7) is 4.02. The molecular weight excluding hydrogens is 374 g/mol. The number of hydrogen-bond donors (Lipinski definition) is 1. The van der Waals surface area contributed by atoms with Crippen molar-refractivity contribution in [2.75, 3.05) is 11.1 Å². The highest BCUT2D eigenvalue weighted by Crippen LogP contribution is 2.20. The summed E-state index contributed by atoms with van der Waals surface area (Å²) in [5, 5.41) is 3.01. The maximum atomic E-state index is 13.6. The molecule has 0 fully saturated rings. The first-order chi connectivity index (χ1) is 13.0. The highest BCUT2D eigenvalue weighted by Gasteiger charge is 2.14. The van der Waals surface area contributed by atoms with E-state index in [2.05, 4.69) is 21.9 Å². The van der Waals surface area contributed by atoms with Gasteiger partial charge in [-0.05, 0) is 24.3 Å². The van der Waals surface area contributed by atoms with Crippen LogP contribution in [0.3, 0.4) is 0 Å². The van der Waals surface area contributed by atoms with Gasteiger partial charge < -0.3 is 9.88 Å². The van der Waals surface area contributed by atoms with Gasteiger partial charge in [-0.15, -0.1) is 6.58 Å². The smallest absolute Gasteiger partial charge is 0.283 e. The number of allylic oxidation sites excluding steroid dienone is 1.